The van der Waals surface area contributed by atoms with Crippen molar-refractivity contribution in [2.24, 2.45) is 0 Å². The second-order valence-corrected chi connectivity index (χ2v) is 8.35. The minimum Gasteiger partial charge on any atom is -0.463 e. The Labute approximate surface area is 212 Å². The van der Waals surface area contributed by atoms with Gasteiger partial charge in [-0.05, 0) is 11.1 Å². The van der Waals surface area contributed by atoms with Crippen LogP contribution in [0, 0.1) is 0 Å². The third kappa shape index (κ3) is 9.54. The first kappa shape index (κ1) is 27.5. The molecule has 0 saturated heterocycles. The molecule has 0 aromatic heterocycles. The molecular formula is C28H34O8. The zero-order valence-electron chi connectivity index (χ0n) is 20.7. The van der Waals surface area contributed by atoms with Crippen molar-refractivity contribution < 1.29 is 38.0 Å². The van der Waals surface area contributed by atoms with E-state index in [2.05, 4.69) is 0 Å². The molecule has 0 saturated carbocycles. The number of carbonyl (C=O) groups excluding carboxylic acids is 2. The van der Waals surface area contributed by atoms with Crippen LogP contribution in [0.25, 0.3) is 0 Å². The second-order valence-electron chi connectivity index (χ2n) is 8.35. The maximum absolute atomic E-state index is 12.0. The molecule has 2 aromatic rings. The van der Waals surface area contributed by atoms with Crippen molar-refractivity contribution >= 4 is 11.9 Å². The molecule has 194 valence electrons. The van der Waals surface area contributed by atoms with Crippen molar-refractivity contribution in [1.82, 2.24) is 0 Å². The summed E-state index contributed by atoms with van der Waals surface area (Å²) in [7, 11) is 0. The molecule has 3 rings (SSSR count). The summed E-state index contributed by atoms with van der Waals surface area (Å²) >= 11 is 0. The van der Waals surface area contributed by atoms with Crippen molar-refractivity contribution in [2.75, 3.05) is 26.4 Å². The first-order chi connectivity index (χ1) is 17.5. The Hall–Kier alpha value is -3.04. The number of hydrogen-bond donors (Lipinski definition) is 0. The van der Waals surface area contributed by atoms with Crippen LogP contribution in [0.5, 0.6) is 0 Å². The smallest absolute Gasteiger partial charge is 0.303 e. The lowest BCUT2D eigenvalue weighted by Gasteiger charge is -2.36. The van der Waals surface area contributed by atoms with Gasteiger partial charge in [0.25, 0.3) is 0 Å². The molecule has 0 fully saturated rings. The van der Waals surface area contributed by atoms with Gasteiger partial charge in [0.15, 0.2) is 6.10 Å². The van der Waals surface area contributed by atoms with Gasteiger partial charge < -0.3 is 28.4 Å². The topological polar surface area (TPSA) is 89.5 Å². The number of esters is 2. The highest BCUT2D eigenvalue weighted by Gasteiger charge is 2.40. The van der Waals surface area contributed by atoms with E-state index in [1.54, 1.807) is 0 Å². The zero-order chi connectivity index (χ0) is 25.6. The van der Waals surface area contributed by atoms with E-state index in [-0.39, 0.29) is 33.0 Å². The molecule has 0 unspecified atom stereocenters. The fraction of sp³-hybridized carbons (Fsp3) is 0.429. The average molecular weight is 499 g/mol. The normalized spacial score (nSPS) is 21.9. The van der Waals surface area contributed by atoms with Gasteiger partial charge in [0.05, 0.1) is 33.0 Å². The van der Waals surface area contributed by atoms with E-state index in [9.17, 15) is 9.59 Å². The summed E-state index contributed by atoms with van der Waals surface area (Å²) < 4.78 is 35.4. The molecule has 0 spiro atoms. The van der Waals surface area contributed by atoms with E-state index in [0.717, 1.165) is 11.1 Å². The summed E-state index contributed by atoms with van der Waals surface area (Å²) in [6, 6.07) is 19.4. The van der Waals surface area contributed by atoms with Gasteiger partial charge in [-0.25, -0.2) is 0 Å². The van der Waals surface area contributed by atoms with Crippen LogP contribution in [-0.4, -0.2) is 62.8 Å². The van der Waals surface area contributed by atoms with Gasteiger partial charge >= 0.3 is 11.9 Å². The van der Waals surface area contributed by atoms with E-state index in [4.69, 9.17) is 28.4 Å². The Morgan fingerprint density at radius 2 is 1.47 bits per heavy atom. The molecule has 0 bridgehead atoms. The number of benzene rings is 2. The molecule has 0 amide bonds. The van der Waals surface area contributed by atoms with Gasteiger partial charge in [-0.3, -0.25) is 9.59 Å². The highest BCUT2D eigenvalue weighted by Crippen LogP contribution is 2.22. The summed E-state index contributed by atoms with van der Waals surface area (Å²) in [5.74, 6) is -0.905. The first-order valence-corrected chi connectivity index (χ1v) is 12.0. The fourth-order valence-electron chi connectivity index (χ4n) is 3.79. The van der Waals surface area contributed by atoms with Crippen molar-refractivity contribution in [3.05, 3.63) is 83.9 Å². The predicted octanol–water partition coefficient (Wildman–Crippen LogP) is 3.62. The van der Waals surface area contributed by atoms with Gasteiger partial charge in [-0.15, -0.1) is 0 Å². The number of rotatable bonds is 11. The third-order valence-electron chi connectivity index (χ3n) is 5.46. The number of hydrogen-bond acceptors (Lipinski definition) is 8. The van der Waals surface area contributed by atoms with Crippen LogP contribution in [0.2, 0.25) is 0 Å². The maximum Gasteiger partial charge on any atom is 0.303 e. The van der Waals surface area contributed by atoms with Crippen LogP contribution in [0.3, 0.4) is 0 Å². The minimum absolute atomic E-state index is 0.0415. The maximum atomic E-state index is 12.0. The van der Waals surface area contributed by atoms with Gasteiger partial charge in [0.1, 0.15) is 24.9 Å². The Balaban J connectivity index is 1.83. The summed E-state index contributed by atoms with van der Waals surface area (Å²) in [4.78, 5) is 23.6. The van der Waals surface area contributed by atoms with E-state index >= 15 is 0 Å². The van der Waals surface area contributed by atoms with E-state index in [1.807, 2.05) is 72.8 Å². The molecule has 8 heteroatoms. The second kappa shape index (κ2) is 15.2. The molecule has 1 aliphatic heterocycles. The largest absolute Gasteiger partial charge is 0.463 e. The summed E-state index contributed by atoms with van der Waals surface area (Å²) in [5.41, 5.74) is 1.94. The Kier molecular flexibility index (Phi) is 11.6. The van der Waals surface area contributed by atoms with Crippen LogP contribution in [0.15, 0.2) is 72.8 Å². The molecule has 1 aliphatic rings. The SMILES string of the molecule is CC(=O)OC[C@@H]1OC/C=C\CO[C@H]([C@@H](COCc2ccccc2)OC(C)=O)[C@@H]1OCc1ccccc1. The Bertz CT molecular complexity index is 947. The average Bonchev–Trinajstić information content (AvgIpc) is 2.97. The lowest BCUT2D eigenvalue weighted by molar-refractivity contribution is -0.198. The monoisotopic (exact) mass is 498 g/mol. The highest BCUT2D eigenvalue weighted by atomic mass is 16.6. The summed E-state index contributed by atoms with van der Waals surface area (Å²) in [6.45, 7) is 3.86. The molecule has 1 heterocycles. The van der Waals surface area contributed by atoms with Gasteiger partial charge in [0.2, 0.25) is 0 Å². The van der Waals surface area contributed by atoms with Crippen LogP contribution in [0.4, 0.5) is 0 Å². The number of carbonyl (C=O) groups is 2. The van der Waals surface area contributed by atoms with Crippen LogP contribution in [0.1, 0.15) is 25.0 Å². The summed E-state index contributed by atoms with van der Waals surface area (Å²) in [5, 5.41) is 0. The quantitative estimate of drug-likeness (QED) is 0.343. The zero-order valence-corrected chi connectivity index (χ0v) is 20.7. The van der Waals surface area contributed by atoms with E-state index in [1.165, 1.54) is 13.8 Å². The van der Waals surface area contributed by atoms with Crippen LogP contribution < -0.4 is 0 Å². The molecule has 0 N–H and O–H groups in total. The van der Waals surface area contributed by atoms with Gasteiger partial charge in [-0.2, -0.15) is 0 Å². The van der Waals surface area contributed by atoms with Crippen molar-refractivity contribution in [3.8, 4) is 0 Å². The van der Waals surface area contributed by atoms with Crippen molar-refractivity contribution in [1.29, 1.82) is 0 Å². The molecule has 4 atom stereocenters. The van der Waals surface area contributed by atoms with Crippen LogP contribution >= 0.6 is 0 Å². The predicted molar refractivity (Wildman–Crippen MR) is 132 cm³/mol. The Morgan fingerprint density at radius 1 is 0.861 bits per heavy atom. The van der Waals surface area contributed by atoms with Crippen LogP contribution in [-0.2, 0) is 51.2 Å². The fourth-order valence-corrected chi connectivity index (χ4v) is 3.79. The molecule has 8 nitrogen and oxygen atoms in total. The summed E-state index contributed by atoms with van der Waals surface area (Å²) in [6.07, 6.45) is 0.709. The first-order valence-electron chi connectivity index (χ1n) is 12.0. The highest BCUT2D eigenvalue weighted by molar-refractivity contribution is 5.66. The standard InChI is InChI=1S/C28H34O8/c1-21(29)34-20-25-27(35-18-24-13-7-4-8-14-24)28(33-16-10-9-15-32-25)26(36-22(2)30)19-31-17-23-11-5-3-6-12-23/h3-14,25-28H,15-20H2,1-2H3/b10-9-/t25-,26+,27+,28+/m0/s1. The number of ether oxygens (including phenoxy) is 6. The lowest BCUT2D eigenvalue weighted by Crippen LogP contribution is -2.52. The lowest BCUT2D eigenvalue weighted by atomic mass is 10.0. The van der Waals surface area contributed by atoms with Crippen molar-refractivity contribution in [2.45, 2.75) is 51.5 Å². The third-order valence-corrected chi connectivity index (χ3v) is 5.46. The van der Waals surface area contributed by atoms with Gasteiger partial charge in [0, 0.05) is 13.8 Å². The minimum atomic E-state index is -0.790. The molecule has 0 radical (unpaired) electrons. The molecule has 36 heavy (non-hydrogen) atoms. The molecular weight excluding hydrogens is 464 g/mol. The van der Waals surface area contributed by atoms with E-state index in [0.29, 0.717) is 6.61 Å². The molecule has 0 aliphatic carbocycles. The van der Waals surface area contributed by atoms with Gasteiger partial charge in [-0.1, -0.05) is 72.8 Å². The van der Waals surface area contributed by atoms with E-state index < -0.39 is 36.4 Å². The van der Waals surface area contributed by atoms with Crippen molar-refractivity contribution in [3.63, 3.8) is 0 Å². The Morgan fingerprint density at radius 3 is 2.08 bits per heavy atom. The molecule has 2 aromatic carbocycles.